The van der Waals surface area contributed by atoms with Gasteiger partial charge in [0.1, 0.15) is 5.69 Å². The first kappa shape index (κ1) is 22.0. The van der Waals surface area contributed by atoms with E-state index in [2.05, 4.69) is 76.9 Å². The molecule has 33 heavy (non-hydrogen) atoms. The highest BCUT2D eigenvalue weighted by atomic mass is 79.9. The van der Waals surface area contributed by atoms with Gasteiger partial charge in [-0.25, -0.2) is 0 Å². The maximum atomic E-state index is 13.2. The van der Waals surface area contributed by atoms with Crippen LogP contribution in [-0.4, -0.2) is 17.3 Å². The molecule has 1 aliphatic rings. The van der Waals surface area contributed by atoms with Crippen molar-refractivity contribution >= 4 is 43.4 Å². The fraction of sp³-hybridized carbons (Fsp3) is 0.269. The number of aromatic nitrogens is 1. The quantitative estimate of drug-likeness (QED) is 0.325. The van der Waals surface area contributed by atoms with E-state index in [0.717, 1.165) is 30.9 Å². The van der Waals surface area contributed by atoms with Crippen LogP contribution in [0.25, 0.3) is 10.2 Å². The smallest absolute Gasteiger partial charge is 0.268 e. The molecule has 1 N–H and O–H groups in total. The molecule has 2 aromatic heterocycles. The molecule has 5 nitrogen and oxygen atoms in total. The average molecular weight is 525 g/mol. The van der Waals surface area contributed by atoms with Crippen molar-refractivity contribution in [1.82, 2.24) is 9.88 Å². The van der Waals surface area contributed by atoms with Crippen LogP contribution in [0.1, 0.15) is 48.0 Å². The van der Waals surface area contributed by atoms with Crippen molar-refractivity contribution in [2.24, 2.45) is 0 Å². The summed E-state index contributed by atoms with van der Waals surface area (Å²) in [5.74, 6) is 1.36. The number of carbonyl (C=O) groups excluding carboxylic acids is 1. The Bertz CT molecular complexity index is 1330. The summed E-state index contributed by atoms with van der Waals surface area (Å²) in [7, 11) is 0. The van der Waals surface area contributed by atoms with Gasteiger partial charge in [-0.05, 0) is 62.3 Å². The van der Waals surface area contributed by atoms with Crippen molar-refractivity contribution in [2.45, 2.75) is 39.3 Å². The number of benzene rings is 2. The second kappa shape index (κ2) is 8.54. The van der Waals surface area contributed by atoms with Crippen molar-refractivity contribution < 1.29 is 14.3 Å². The third kappa shape index (κ3) is 4.52. The third-order valence-electron chi connectivity index (χ3n) is 5.84. The van der Waals surface area contributed by atoms with E-state index in [4.69, 9.17) is 9.47 Å². The maximum absolute atomic E-state index is 13.2. The molecule has 1 amide bonds. The molecule has 0 saturated carbocycles. The molecular formula is C26H25BrN2O3S. The predicted molar refractivity (Wildman–Crippen MR) is 135 cm³/mol. The molecule has 0 atom stereocenters. The SMILES string of the molecule is CC(C)(C)c1ccc(Cn2c(C(=O)NCc3ccc4c(c3)OCO4)cc3sc(Br)cc32)cc1. The number of halogens is 1. The van der Waals surface area contributed by atoms with Gasteiger partial charge in [0, 0.05) is 13.1 Å². The Labute approximate surface area is 205 Å². The highest BCUT2D eigenvalue weighted by Crippen LogP contribution is 2.34. The fourth-order valence-corrected chi connectivity index (χ4v) is 5.55. The van der Waals surface area contributed by atoms with E-state index < -0.39 is 0 Å². The summed E-state index contributed by atoms with van der Waals surface area (Å²) in [5.41, 5.74) is 5.24. The van der Waals surface area contributed by atoms with E-state index in [1.807, 2.05) is 24.3 Å². The van der Waals surface area contributed by atoms with E-state index in [1.165, 1.54) is 5.56 Å². The lowest BCUT2D eigenvalue weighted by atomic mass is 9.87. The number of thiophene rings is 1. The predicted octanol–water partition coefficient (Wildman–Crippen LogP) is 6.47. The zero-order chi connectivity index (χ0) is 23.2. The second-order valence-corrected chi connectivity index (χ2v) is 11.7. The number of nitrogens with zero attached hydrogens (tertiary/aromatic N) is 1. The largest absolute Gasteiger partial charge is 0.454 e. The van der Waals surface area contributed by atoms with Crippen LogP contribution in [0.5, 0.6) is 11.5 Å². The molecule has 0 radical (unpaired) electrons. The number of fused-ring (bicyclic) bond motifs is 2. The van der Waals surface area contributed by atoms with E-state index in [-0.39, 0.29) is 18.1 Å². The topological polar surface area (TPSA) is 52.5 Å². The zero-order valence-corrected chi connectivity index (χ0v) is 21.2. The molecule has 0 unspecified atom stereocenters. The lowest BCUT2D eigenvalue weighted by Crippen LogP contribution is -2.25. The van der Waals surface area contributed by atoms with Gasteiger partial charge in [-0.15, -0.1) is 11.3 Å². The van der Waals surface area contributed by atoms with Crippen LogP contribution in [0, 0.1) is 0 Å². The first-order chi connectivity index (χ1) is 15.8. The number of ether oxygens (including phenoxy) is 2. The van der Waals surface area contributed by atoms with Crippen molar-refractivity contribution in [2.75, 3.05) is 6.79 Å². The van der Waals surface area contributed by atoms with Crippen LogP contribution in [-0.2, 0) is 18.5 Å². The molecule has 4 aromatic rings. The molecule has 1 aliphatic heterocycles. The van der Waals surface area contributed by atoms with Crippen LogP contribution in [0.2, 0.25) is 0 Å². The summed E-state index contributed by atoms with van der Waals surface area (Å²) < 4.78 is 15.0. The summed E-state index contributed by atoms with van der Waals surface area (Å²) in [6.45, 7) is 7.92. The summed E-state index contributed by atoms with van der Waals surface area (Å²) in [5, 5.41) is 3.06. The van der Waals surface area contributed by atoms with Crippen molar-refractivity contribution in [3.05, 3.63) is 80.8 Å². The maximum Gasteiger partial charge on any atom is 0.268 e. The van der Waals surface area contributed by atoms with Crippen LogP contribution >= 0.6 is 27.3 Å². The summed E-state index contributed by atoms with van der Waals surface area (Å²) in [4.78, 5) is 13.2. The summed E-state index contributed by atoms with van der Waals surface area (Å²) >= 11 is 5.22. The molecule has 5 rings (SSSR count). The first-order valence-corrected chi connectivity index (χ1v) is 12.4. The molecule has 0 bridgehead atoms. The molecular weight excluding hydrogens is 500 g/mol. The molecule has 0 fully saturated rings. The Kier molecular flexibility index (Phi) is 5.70. The number of rotatable bonds is 5. The lowest BCUT2D eigenvalue weighted by Gasteiger charge is -2.19. The van der Waals surface area contributed by atoms with Gasteiger partial charge in [-0.3, -0.25) is 4.79 Å². The highest BCUT2D eigenvalue weighted by molar-refractivity contribution is 9.11. The van der Waals surface area contributed by atoms with Gasteiger partial charge in [0.05, 0.1) is 14.0 Å². The molecule has 2 aromatic carbocycles. The average Bonchev–Trinajstić information content (AvgIpc) is 3.46. The van der Waals surface area contributed by atoms with Gasteiger partial charge < -0.3 is 19.4 Å². The lowest BCUT2D eigenvalue weighted by molar-refractivity contribution is 0.0942. The Morgan fingerprint density at radius 3 is 2.52 bits per heavy atom. The molecule has 3 heterocycles. The first-order valence-electron chi connectivity index (χ1n) is 10.8. The van der Waals surface area contributed by atoms with Crippen molar-refractivity contribution in [3.8, 4) is 11.5 Å². The van der Waals surface area contributed by atoms with Gasteiger partial charge in [-0.1, -0.05) is 51.1 Å². The Morgan fingerprint density at radius 2 is 1.76 bits per heavy atom. The minimum absolute atomic E-state index is 0.0986. The highest BCUT2D eigenvalue weighted by Gasteiger charge is 2.19. The van der Waals surface area contributed by atoms with Crippen molar-refractivity contribution in [1.29, 1.82) is 0 Å². The van der Waals surface area contributed by atoms with Gasteiger partial charge in [0.15, 0.2) is 11.5 Å². The number of amides is 1. The number of hydrogen-bond acceptors (Lipinski definition) is 4. The molecule has 0 aliphatic carbocycles. The normalized spacial score (nSPS) is 13.0. The van der Waals surface area contributed by atoms with E-state index in [1.54, 1.807) is 11.3 Å². The Morgan fingerprint density at radius 1 is 1.03 bits per heavy atom. The van der Waals surface area contributed by atoms with Gasteiger partial charge in [-0.2, -0.15) is 0 Å². The van der Waals surface area contributed by atoms with Crippen LogP contribution in [0.4, 0.5) is 0 Å². The van der Waals surface area contributed by atoms with E-state index >= 15 is 0 Å². The fourth-order valence-electron chi connectivity index (χ4n) is 3.99. The standard InChI is InChI=1S/C26H25BrN2O3S/c1-26(2,3)18-7-4-16(5-8-18)14-29-19-12-24(27)33-23(19)11-20(29)25(30)28-13-17-6-9-21-22(10-17)32-15-31-21/h4-12H,13-15H2,1-3H3,(H,28,30). The number of hydrogen-bond donors (Lipinski definition) is 1. The Hall–Kier alpha value is -2.77. The summed E-state index contributed by atoms with van der Waals surface area (Å²) in [6.07, 6.45) is 0. The molecule has 0 saturated heterocycles. The minimum atomic E-state index is -0.0986. The number of carbonyl (C=O) groups is 1. The number of nitrogens with one attached hydrogen (secondary N) is 1. The molecule has 170 valence electrons. The Balaban J connectivity index is 1.39. The van der Waals surface area contributed by atoms with Crippen molar-refractivity contribution in [3.63, 3.8) is 0 Å². The summed E-state index contributed by atoms with van der Waals surface area (Å²) in [6, 6.07) is 18.5. The molecule has 0 spiro atoms. The zero-order valence-electron chi connectivity index (χ0n) is 18.8. The second-order valence-electron chi connectivity index (χ2n) is 9.23. The van der Waals surface area contributed by atoms with Crippen LogP contribution < -0.4 is 14.8 Å². The monoisotopic (exact) mass is 524 g/mol. The van der Waals surface area contributed by atoms with Crippen LogP contribution in [0.15, 0.2) is 58.4 Å². The van der Waals surface area contributed by atoms with E-state index in [0.29, 0.717) is 24.5 Å². The van der Waals surface area contributed by atoms with Crippen LogP contribution in [0.3, 0.4) is 0 Å². The molecule has 7 heteroatoms. The third-order valence-corrected chi connectivity index (χ3v) is 7.42. The van der Waals surface area contributed by atoms with Gasteiger partial charge in [0.25, 0.3) is 5.91 Å². The van der Waals surface area contributed by atoms with E-state index in [9.17, 15) is 4.79 Å². The van der Waals surface area contributed by atoms with Gasteiger partial charge >= 0.3 is 0 Å². The van der Waals surface area contributed by atoms with Gasteiger partial charge in [0.2, 0.25) is 6.79 Å². The minimum Gasteiger partial charge on any atom is -0.454 e.